The number of nitrogens with one attached hydrogen (secondary N) is 1. The maximum absolute atomic E-state index is 12.2. The minimum absolute atomic E-state index is 0.00181. The van der Waals surface area contributed by atoms with Gasteiger partial charge >= 0.3 is 0 Å². The summed E-state index contributed by atoms with van der Waals surface area (Å²) in [6, 6.07) is 10.3. The van der Waals surface area contributed by atoms with Crippen LogP contribution < -0.4 is 10.2 Å². The van der Waals surface area contributed by atoms with Crippen molar-refractivity contribution >= 4 is 17.4 Å². The van der Waals surface area contributed by atoms with Crippen LogP contribution in [0.3, 0.4) is 0 Å². The maximum atomic E-state index is 12.2. The van der Waals surface area contributed by atoms with Crippen molar-refractivity contribution in [1.82, 2.24) is 14.7 Å². The molecule has 2 heterocycles. The van der Waals surface area contributed by atoms with E-state index < -0.39 is 0 Å². The van der Waals surface area contributed by atoms with Crippen molar-refractivity contribution < 1.29 is 4.79 Å². The molecular formula is C18H25N5O. The number of rotatable bonds is 4. The number of carbonyl (C=O) groups excluding carboxylic acids is 1. The van der Waals surface area contributed by atoms with Crippen LogP contribution in [0, 0.1) is 6.92 Å². The van der Waals surface area contributed by atoms with Gasteiger partial charge in [-0.3, -0.25) is 14.4 Å². The summed E-state index contributed by atoms with van der Waals surface area (Å²) in [5.41, 5.74) is 2.61. The second-order valence-electron chi connectivity index (χ2n) is 6.33. The lowest BCUT2D eigenvalue weighted by molar-refractivity contribution is -0.117. The molecule has 1 N–H and O–H groups in total. The molecule has 0 unspecified atom stereocenters. The highest BCUT2D eigenvalue weighted by molar-refractivity contribution is 5.91. The minimum Gasteiger partial charge on any atom is -0.370 e. The highest BCUT2D eigenvalue weighted by Gasteiger charge is 2.18. The lowest BCUT2D eigenvalue weighted by Gasteiger charge is -2.25. The van der Waals surface area contributed by atoms with Crippen LogP contribution in [0.4, 0.5) is 11.5 Å². The van der Waals surface area contributed by atoms with Crippen LogP contribution >= 0.6 is 0 Å². The van der Waals surface area contributed by atoms with Gasteiger partial charge in [-0.05, 0) is 25.0 Å². The fraction of sp³-hybridized carbons (Fsp3) is 0.444. The van der Waals surface area contributed by atoms with Crippen LogP contribution in [0.1, 0.15) is 12.0 Å². The van der Waals surface area contributed by atoms with E-state index in [1.165, 1.54) is 11.3 Å². The summed E-state index contributed by atoms with van der Waals surface area (Å²) in [5, 5.41) is 7.04. The number of carbonyl (C=O) groups is 1. The molecule has 1 fully saturated rings. The quantitative estimate of drug-likeness (QED) is 0.932. The lowest BCUT2D eigenvalue weighted by atomic mass is 10.2. The molecule has 128 valence electrons. The highest BCUT2D eigenvalue weighted by atomic mass is 16.2. The Kier molecular flexibility index (Phi) is 5.15. The molecule has 0 atom stereocenters. The molecule has 0 saturated carbocycles. The molecule has 2 aromatic rings. The SMILES string of the molecule is Cc1ccccc1N1CCCN(CC(=O)Nc2ccn(C)n2)CC1. The van der Waals surface area contributed by atoms with Crippen LogP contribution in [0.5, 0.6) is 0 Å². The third-order valence-electron chi connectivity index (χ3n) is 4.39. The van der Waals surface area contributed by atoms with Gasteiger partial charge in [0.25, 0.3) is 0 Å². The van der Waals surface area contributed by atoms with Gasteiger partial charge < -0.3 is 10.2 Å². The Morgan fingerprint density at radius 1 is 1.17 bits per heavy atom. The van der Waals surface area contributed by atoms with Crippen molar-refractivity contribution in [3.05, 3.63) is 42.1 Å². The number of hydrogen-bond acceptors (Lipinski definition) is 4. The molecule has 0 aliphatic carbocycles. The Balaban J connectivity index is 1.54. The molecule has 1 aliphatic heterocycles. The van der Waals surface area contributed by atoms with Crippen molar-refractivity contribution in [1.29, 1.82) is 0 Å². The summed E-state index contributed by atoms with van der Waals surface area (Å²) >= 11 is 0. The summed E-state index contributed by atoms with van der Waals surface area (Å²) in [5.74, 6) is 0.608. The molecule has 1 amide bonds. The predicted molar refractivity (Wildman–Crippen MR) is 96.3 cm³/mol. The Morgan fingerprint density at radius 3 is 2.75 bits per heavy atom. The number of para-hydroxylation sites is 1. The number of benzene rings is 1. The first-order valence-electron chi connectivity index (χ1n) is 8.44. The zero-order valence-corrected chi connectivity index (χ0v) is 14.4. The van der Waals surface area contributed by atoms with Gasteiger partial charge in [0, 0.05) is 51.2 Å². The third-order valence-corrected chi connectivity index (χ3v) is 4.39. The molecule has 3 rings (SSSR count). The molecule has 24 heavy (non-hydrogen) atoms. The molecule has 1 aromatic heterocycles. The van der Waals surface area contributed by atoms with Gasteiger partial charge in [-0.15, -0.1) is 0 Å². The van der Waals surface area contributed by atoms with E-state index in [4.69, 9.17) is 0 Å². The van der Waals surface area contributed by atoms with E-state index in [1.54, 1.807) is 10.7 Å². The van der Waals surface area contributed by atoms with Crippen molar-refractivity contribution in [2.24, 2.45) is 7.05 Å². The van der Waals surface area contributed by atoms with Gasteiger partial charge in [-0.2, -0.15) is 5.10 Å². The molecular weight excluding hydrogens is 302 g/mol. The Hall–Kier alpha value is -2.34. The van der Waals surface area contributed by atoms with E-state index in [0.29, 0.717) is 12.4 Å². The number of hydrogen-bond donors (Lipinski definition) is 1. The predicted octanol–water partition coefficient (Wildman–Crippen LogP) is 1.88. The Morgan fingerprint density at radius 2 is 2.00 bits per heavy atom. The number of nitrogens with zero attached hydrogens (tertiary/aromatic N) is 4. The maximum Gasteiger partial charge on any atom is 0.239 e. The summed E-state index contributed by atoms with van der Waals surface area (Å²) < 4.78 is 1.68. The molecule has 6 heteroatoms. The van der Waals surface area contributed by atoms with Crippen molar-refractivity contribution in [2.75, 3.05) is 42.9 Å². The van der Waals surface area contributed by atoms with Crippen LogP contribution in [0.2, 0.25) is 0 Å². The number of aryl methyl sites for hydroxylation is 2. The topological polar surface area (TPSA) is 53.4 Å². The second-order valence-corrected chi connectivity index (χ2v) is 6.33. The first kappa shape index (κ1) is 16.5. The second kappa shape index (κ2) is 7.49. The van der Waals surface area contributed by atoms with Crippen LogP contribution in [0.15, 0.2) is 36.5 Å². The zero-order chi connectivity index (χ0) is 16.9. The van der Waals surface area contributed by atoms with Gasteiger partial charge in [0.15, 0.2) is 5.82 Å². The Labute approximate surface area is 143 Å². The van der Waals surface area contributed by atoms with E-state index >= 15 is 0 Å². The van der Waals surface area contributed by atoms with Gasteiger partial charge in [0.05, 0.1) is 6.54 Å². The molecule has 0 bridgehead atoms. The van der Waals surface area contributed by atoms with E-state index in [0.717, 1.165) is 32.6 Å². The summed E-state index contributed by atoms with van der Waals surface area (Å²) in [7, 11) is 1.84. The summed E-state index contributed by atoms with van der Waals surface area (Å²) in [6.45, 7) is 6.38. The largest absolute Gasteiger partial charge is 0.370 e. The monoisotopic (exact) mass is 327 g/mol. The molecule has 1 aromatic carbocycles. The molecule has 1 saturated heterocycles. The smallest absolute Gasteiger partial charge is 0.239 e. The average Bonchev–Trinajstić information content (AvgIpc) is 2.81. The third kappa shape index (κ3) is 4.14. The van der Waals surface area contributed by atoms with Crippen molar-refractivity contribution in [2.45, 2.75) is 13.3 Å². The zero-order valence-electron chi connectivity index (χ0n) is 14.4. The lowest BCUT2D eigenvalue weighted by Crippen LogP contribution is -2.36. The summed E-state index contributed by atoms with van der Waals surface area (Å²) in [4.78, 5) is 16.8. The summed E-state index contributed by atoms with van der Waals surface area (Å²) in [6.07, 6.45) is 2.88. The molecule has 0 spiro atoms. The van der Waals surface area contributed by atoms with E-state index in [2.05, 4.69) is 51.4 Å². The van der Waals surface area contributed by atoms with Crippen LogP contribution in [-0.4, -0.2) is 53.3 Å². The van der Waals surface area contributed by atoms with Gasteiger partial charge in [-0.1, -0.05) is 18.2 Å². The highest BCUT2D eigenvalue weighted by Crippen LogP contribution is 2.20. The van der Waals surface area contributed by atoms with Crippen LogP contribution in [0.25, 0.3) is 0 Å². The number of anilines is 2. The van der Waals surface area contributed by atoms with Crippen molar-refractivity contribution in [3.8, 4) is 0 Å². The van der Waals surface area contributed by atoms with E-state index in [1.807, 2.05) is 13.2 Å². The first-order chi connectivity index (χ1) is 11.6. The van der Waals surface area contributed by atoms with Crippen molar-refractivity contribution in [3.63, 3.8) is 0 Å². The standard InChI is InChI=1S/C18H25N5O/c1-15-6-3-4-7-16(15)23-10-5-9-22(12-13-23)14-18(24)19-17-8-11-21(2)20-17/h3-4,6-8,11H,5,9-10,12-14H2,1-2H3,(H,19,20,24). The van der Waals surface area contributed by atoms with Gasteiger partial charge in [-0.25, -0.2) is 0 Å². The minimum atomic E-state index is -0.00181. The molecule has 1 aliphatic rings. The van der Waals surface area contributed by atoms with E-state index in [-0.39, 0.29) is 5.91 Å². The fourth-order valence-electron chi connectivity index (χ4n) is 3.16. The number of aromatic nitrogens is 2. The van der Waals surface area contributed by atoms with Gasteiger partial charge in [0.2, 0.25) is 5.91 Å². The Bertz CT molecular complexity index is 696. The van der Waals surface area contributed by atoms with E-state index in [9.17, 15) is 4.79 Å². The number of amides is 1. The normalized spacial score (nSPS) is 16.0. The molecule has 6 nitrogen and oxygen atoms in total. The fourth-order valence-corrected chi connectivity index (χ4v) is 3.16. The first-order valence-corrected chi connectivity index (χ1v) is 8.44. The molecule has 0 radical (unpaired) electrons. The van der Waals surface area contributed by atoms with Gasteiger partial charge in [0.1, 0.15) is 0 Å². The van der Waals surface area contributed by atoms with Crippen LogP contribution in [-0.2, 0) is 11.8 Å². The average molecular weight is 327 g/mol.